The second-order valence-corrected chi connectivity index (χ2v) is 5.55. The molecule has 0 amide bonds. The molecule has 1 aliphatic rings. The van der Waals surface area contributed by atoms with Gasteiger partial charge in [0.2, 0.25) is 0 Å². The molecule has 0 spiro atoms. The minimum atomic E-state index is -0.666. The largest absolute Gasteiger partial charge is 0.469 e. The maximum absolute atomic E-state index is 12.2. The van der Waals surface area contributed by atoms with Crippen molar-refractivity contribution < 1.29 is 33.3 Å². The zero-order chi connectivity index (χ0) is 19.3. The highest BCUT2D eigenvalue weighted by Crippen LogP contribution is 2.28. The third-order valence-corrected chi connectivity index (χ3v) is 4.09. The number of hydrogen-bond acceptors (Lipinski definition) is 8. The van der Waals surface area contributed by atoms with Crippen LogP contribution >= 0.6 is 0 Å². The molecule has 8 heteroatoms. The number of carbonyl (C=O) groups is 3. The molecule has 0 aromatic heterocycles. The summed E-state index contributed by atoms with van der Waals surface area (Å²) in [5.74, 6) is -2.10. The molecular formula is C18H21NO7. The van der Waals surface area contributed by atoms with E-state index in [1.54, 1.807) is 31.2 Å². The predicted molar refractivity (Wildman–Crippen MR) is 91.2 cm³/mol. The lowest BCUT2D eigenvalue weighted by Gasteiger charge is -2.31. The number of hydrogen-bond donors (Lipinski definition) is 0. The number of nitrogens with zero attached hydrogens (tertiary/aromatic N) is 1. The maximum atomic E-state index is 12.2. The van der Waals surface area contributed by atoms with Crippen LogP contribution in [0.2, 0.25) is 0 Å². The molecule has 1 atom stereocenters. The van der Waals surface area contributed by atoms with Crippen molar-refractivity contribution in [3.63, 3.8) is 0 Å². The smallest absolute Gasteiger partial charge is 0.355 e. The Morgan fingerprint density at radius 2 is 1.62 bits per heavy atom. The normalized spacial score (nSPS) is 15.3. The molecule has 1 aromatic rings. The van der Waals surface area contributed by atoms with Crippen LogP contribution in [0.3, 0.4) is 0 Å². The van der Waals surface area contributed by atoms with E-state index in [2.05, 4.69) is 0 Å². The summed E-state index contributed by atoms with van der Waals surface area (Å²) >= 11 is 0. The van der Waals surface area contributed by atoms with E-state index in [1.807, 2.05) is 0 Å². The molecule has 0 radical (unpaired) electrons. The summed E-state index contributed by atoms with van der Waals surface area (Å²) in [6.07, 6.45) is 0. The lowest BCUT2D eigenvalue weighted by Crippen LogP contribution is -2.38. The number of ether oxygens (including phenoxy) is 4. The molecule has 26 heavy (non-hydrogen) atoms. The summed E-state index contributed by atoms with van der Waals surface area (Å²) in [5.41, 5.74) is 1.51. The molecule has 1 aliphatic heterocycles. The van der Waals surface area contributed by atoms with Crippen LogP contribution in [0.4, 0.5) is 5.69 Å². The number of rotatable bonds is 5. The van der Waals surface area contributed by atoms with Crippen molar-refractivity contribution in [3.8, 4) is 0 Å². The molecule has 1 heterocycles. The fourth-order valence-electron chi connectivity index (χ4n) is 2.60. The lowest BCUT2D eigenvalue weighted by atomic mass is 10.0. The molecule has 0 N–H and O–H groups in total. The first-order valence-electron chi connectivity index (χ1n) is 7.87. The number of methoxy groups -OCH3 is 3. The van der Waals surface area contributed by atoms with Gasteiger partial charge in [0, 0.05) is 5.69 Å². The predicted octanol–water partition coefficient (Wildman–Crippen LogP) is 1.36. The Bertz CT molecular complexity index is 724. The Morgan fingerprint density at radius 1 is 1.00 bits per heavy atom. The van der Waals surface area contributed by atoms with Gasteiger partial charge in [-0.3, -0.25) is 4.79 Å². The van der Waals surface area contributed by atoms with Crippen LogP contribution in [-0.4, -0.2) is 52.6 Å². The highest BCUT2D eigenvalue weighted by atomic mass is 16.5. The van der Waals surface area contributed by atoms with Crippen molar-refractivity contribution in [3.05, 3.63) is 41.1 Å². The molecule has 140 valence electrons. The summed E-state index contributed by atoms with van der Waals surface area (Å²) in [4.78, 5) is 37.4. The number of carbonyl (C=O) groups excluding carboxylic acids is 3. The quantitative estimate of drug-likeness (QED) is 0.572. The van der Waals surface area contributed by atoms with Gasteiger partial charge in [-0.2, -0.15) is 0 Å². The van der Waals surface area contributed by atoms with E-state index in [0.717, 1.165) is 5.56 Å². The second-order valence-electron chi connectivity index (χ2n) is 5.55. The van der Waals surface area contributed by atoms with Crippen molar-refractivity contribution in [2.75, 3.05) is 39.6 Å². The van der Waals surface area contributed by atoms with E-state index < -0.39 is 17.9 Å². The van der Waals surface area contributed by atoms with Gasteiger partial charge in [0.1, 0.15) is 12.4 Å². The summed E-state index contributed by atoms with van der Waals surface area (Å²) in [6.45, 7) is 1.75. The Morgan fingerprint density at radius 3 is 2.15 bits per heavy atom. The van der Waals surface area contributed by atoms with E-state index in [0.29, 0.717) is 5.69 Å². The van der Waals surface area contributed by atoms with Crippen LogP contribution in [0.25, 0.3) is 0 Å². The van der Waals surface area contributed by atoms with Crippen molar-refractivity contribution in [1.82, 2.24) is 0 Å². The van der Waals surface area contributed by atoms with Gasteiger partial charge in [-0.25, -0.2) is 9.59 Å². The average molecular weight is 363 g/mol. The van der Waals surface area contributed by atoms with Crippen LogP contribution in [0.5, 0.6) is 0 Å². The number of anilines is 1. The topological polar surface area (TPSA) is 91.4 Å². The van der Waals surface area contributed by atoms with Gasteiger partial charge in [0.25, 0.3) is 0 Å². The van der Waals surface area contributed by atoms with Crippen LogP contribution < -0.4 is 4.90 Å². The van der Waals surface area contributed by atoms with Crippen LogP contribution in [-0.2, 0) is 33.3 Å². The van der Waals surface area contributed by atoms with Gasteiger partial charge >= 0.3 is 17.9 Å². The van der Waals surface area contributed by atoms with Gasteiger partial charge in [-0.05, 0) is 24.6 Å². The van der Waals surface area contributed by atoms with E-state index in [4.69, 9.17) is 18.9 Å². The Balaban J connectivity index is 2.40. The van der Waals surface area contributed by atoms with E-state index in [-0.39, 0.29) is 30.6 Å². The Hall–Kier alpha value is -2.87. The summed E-state index contributed by atoms with van der Waals surface area (Å²) in [5, 5.41) is 0. The zero-order valence-electron chi connectivity index (χ0n) is 15.1. The monoisotopic (exact) mass is 363 g/mol. The minimum Gasteiger partial charge on any atom is -0.469 e. The van der Waals surface area contributed by atoms with Gasteiger partial charge in [0.15, 0.2) is 0 Å². The fourth-order valence-corrected chi connectivity index (χ4v) is 2.60. The van der Waals surface area contributed by atoms with E-state index in [9.17, 15) is 14.4 Å². The maximum Gasteiger partial charge on any atom is 0.355 e. The van der Waals surface area contributed by atoms with Gasteiger partial charge in [-0.1, -0.05) is 12.1 Å². The zero-order valence-corrected chi connectivity index (χ0v) is 15.1. The highest BCUT2D eigenvalue weighted by molar-refractivity contribution is 6.03. The van der Waals surface area contributed by atoms with Gasteiger partial charge < -0.3 is 23.8 Å². The standard InChI is InChI=1S/C18H21NO7/c1-11(16(20)23-2)12-5-7-13(8-6-12)19-10-26-9-14(17(21)24-3)15(19)18(22)25-4/h5-8,11H,9-10H2,1-4H3. The Labute approximate surface area is 151 Å². The third kappa shape index (κ3) is 3.85. The van der Waals surface area contributed by atoms with Crippen molar-refractivity contribution >= 4 is 23.6 Å². The van der Waals surface area contributed by atoms with E-state index in [1.165, 1.54) is 26.2 Å². The van der Waals surface area contributed by atoms with Crippen LogP contribution in [0.15, 0.2) is 35.5 Å². The molecular weight excluding hydrogens is 342 g/mol. The molecule has 1 aromatic carbocycles. The SMILES string of the molecule is COC(=O)C1=C(C(=O)OC)N(c2ccc(C(C)C(=O)OC)cc2)COC1. The molecule has 0 fully saturated rings. The van der Waals surface area contributed by atoms with Crippen molar-refractivity contribution in [2.45, 2.75) is 12.8 Å². The van der Waals surface area contributed by atoms with Gasteiger partial charge in [0.05, 0.1) is 39.4 Å². The van der Waals surface area contributed by atoms with Crippen LogP contribution in [0.1, 0.15) is 18.4 Å². The number of esters is 3. The first-order valence-corrected chi connectivity index (χ1v) is 7.87. The number of benzene rings is 1. The molecule has 8 nitrogen and oxygen atoms in total. The summed E-state index contributed by atoms with van der Waals surface area (Å²) in [7, 11) is 3.80. The van der Waals surface area contributed by atoms with E-state index >= 15 is 0 Å². The first kappa shape index (κ1) is 19.5. The minimum absolute atomic E-state index is 0.0505. The third-order valence-electron chi connectivity index (χ3n) is 4.09. The fraction of sp³-hybridized carbons (Fsp3) is 0.389. The summed E-state index contributed by atoms with van der Waals surface area (Å²) < 4.78 is 19.7. The molecule has 0 bridgehead atoms. The molecule has 2 rings (SSSR count). The summed E-state index contributed by atoms with van der Waals surface area (Å²) in [6, 6.07) is 6.94. The highest BCUT2D eigenvalue weighted by Gasteiger charge is 2.32. The molecule has 0 saturated carbocycles. The second kappa shape index (κ2) is 8.48. The Kier molecular flexibility index (Phi) is 6.35. The first-order chi connectivity index (χ1) is 12.4. The van der Waals surface area contributed by atoms with Crippen LogP contribution in [0, 0.1) is 0 Å². The lowest BCUT2D eigenvalue weighted by molar-refractivity contribution is -0.142. The van der Waals surface area contributed by atoms with Crippen molar-refractivity contribution in [1.29, 1.82) is 0 Å². The molecule has 0 saturated heterocycles. The molecule has 0 aliphatic carbocycles. The molecule has 1 unspecified atom stereocenters. The van der Waals surface area contributed by atoms with Gasteiger partial charge in [-0.15, -0.1) is 0 Å². The van der Waals surface area contributed by atoms with Crippen molar-refractivity contribution in [2.24, 2.45) is 0 Å². The average Bonchev–Trinajstić information content (AvgIpc) is 2.70.